The Kier molecular flexibility index (Phi) is 5.32. The number of fused-ring (bicyclic) bond motifs is 3. The smallest absolute Gasteiger partial charge is 0.258 e. The van der Waals surface area contributed by atoms with Gasteiger partial charge in [-0.3, -0.25) is 9.59 Å². The van der Waals surface area contributed by atoms with E-state index in [1.165, 1.54) is 0 Å². The molecule has 3 saturated carbocycles. The van der Waals surface area contributed by atoms with Gasteiger partial charge in [0.25, 0.3) is 5.91 Å². The number of carbonyl (C=O) groups is 2. The number of likely N-dealkylation sites (N-methyl/N-ethyl adjacent to an activating group) is 1. The van der Waals surface area contributed by atoms with Gasteiger partial charge in [0.15, 0.2) is 5.72 Å². The highest BCUT2D eigenvalue weighted by molar-refractivity contribution is 5.98. The third kappa shape index (κ3) is 3.52. The molecule has 1 aromatic rings. The fourth-order valence-corrected chi connectivity index (χ4v) is 5.66. The van der Waals surface area contributed by atoms with Gasteiger partial charge in [-0.2, -0.15) is 0 Å². The fraction of sp³-hybridized carbons (Fsp3) is 0.652. The standard InChI is InChI=1S/C23H33N3O3/c1-4-26(5-2)13-12-24-21(28)18-14-16-10-11-22(18,3)15-23(16)25-20(27)17-8-6-7-9-19(17)29-23/h6-9,16,18H,4-5,10-15H2,1-3H3,(H,24,28)(H,25,27)/t16-,18-,22+,23-/m0/s1. The Morgan fingerprint density at radius 1 is 1.31 bits per heavy atom. The van der Waals surface area contributed by atoms with Crippen LogP contribution in [0.3, 0.4) is 0 Å². The summed E-state index contributed by atoms with van der Waals surface area (Å²) in [5.41, 5.74) is -0.264. The molecule has 6 heteroatoms. The summed E-state index contributed by atoms with van der Waals surface area (Å²) in [5, 5.41) is 6.35. The quantitative estimate of drug-likeness (QED) is 0.772. The zero-order valence-corrected chi connectivity index (χ0v) is 17.8. The molecule has 0 radical (unpaired) electrons. The van der Waals surface area contributed by atoms with Gasteiger partial charge in [0.2, 0.25) is 5.91 Å². The van der Waals surface area contributed by atoms with Gasteiger partial charge >= 0.3 is 0 Å². The Morgan fingerprint density at radius 3 is 2.79 bits per heavy atom. The van der Waals surface area contributed by atoms with Gasteiger partial charge in [-0.05, 0) is 49.9 Å². The highest BCUT2D eigenvalue weighted by Gasteiger charge is 2.61. The molecule has 2 amide bonds. The molecule has 1 heterocycles. The lowest BCUT2D eigenvalue weighted by Crippen LogP contribution is -2.69. The van der Waals surface area contributed by atoms with Crippen molar-refractivity contribution in [1.82, 2.24) is 15.5 Å². The van der Waals surface area contributed by atoms with E-state index in [4.69, 9.17) is 4.74 Å². The average molecular weight is 400 g/mol. The summed E-state index contributed by atoms with van der Waals surface area (Å²) in [4.78, 5) is 28.1. The molecule has 158 valence electrons. The zero-order chi connectivity index (χ0) is 20.6. The van der Waals surface area contributed by atoms with E-state index in [1.807, 2.05) is 18.2 Å². The van der Waals surface area contributed by atoms with Gasteiger partial charge in [-0.1, -0.05) is 32.9 Å². The Bertz CT molecular complexity index is 793. The first-order chi connectivity index (χ1) is 13.9. The lowest BCUT2D eigenvalue weighted by molar-refractivity contribution is -0.167. The van der Waals surface area contributed by atoms with Crippen LogP contribution < -0.4 is 15.4 Å². The van der Waals surface area contributed by atoms with Crippen LogP contribution in [0.5, 0.6) is 5.75 Å². The molecule has 2 N–H and O–H groups in total. The Balaban J connectivity index is 1.47. The molecule has 1 spiro atoms. The number of ether oxygens (including phenoxy) is 1. The van der Waals surface area contributed by atoms with E-state index in [1.54, 1.807) is 6.07 Å². The number of nitrogens with zero attached hydrogens (tertiary/aromatic N) is 1. The highest BCUT2D eigenvalue weighted by atomic mass is 16.5. The fourth-order valence-electron chi connectivity index (χ4n) is 5.66. The number of para-hydroxylation sites is 1. The van der Waals surface area contributed by atoms with Gasteiger partial charge in [-0.25, -0.2) is 0 Å². The normalized spacial score (nSPS) is 32.6. The van der Waals surface area contributed by atoms with Crippen molar-refractivity contribution in [3.05, 3.63) is 29.8 Å². The monoisotopic (exact) mass is 399 g/mol. The number of amides is 2. The van der Waals surface area contributed by atoms with Crippen molar-refractivity contribution >= 4 is 11.8 Å². The average Bonchev–Trinajstić information content (AvgIpc) is 2.70. The zero-order valence-electron chi connectivity index (χ0n) is 17.8. The second-order valence-corrected chi connectivity index (χ2v) is 9.11. The maximum absolute atomic E-state index is 13.0. The summed E-state index contributed by atoms with van der Waals surface area (Å²) in [6, 6.07) is 7.43. The molecule has 3 aliphatic carbocycles. The molecule has 3 fully saturated rings. The minimum Gasteiger partial charge on any atom is -0.467 e. The first-order valence-electron chi connectivity index (χ1n) is 11.0. The van der Waals surface area contributed by atoms with E-state index >= 15 is 0 Å². The molecular formula is C23H33N3O3. The lowest BCUT2D eigenvalue weighted by atomic mass is 9.52. The molecule has 1 aromatic carbocycles. The second kappa shape index (κ2) is 7.63. The van der Waals surface area contributed by atoms with E-state index in [9.17, 15) is 9.59 Å². The van der Waals surface area contributed by atoms with E-state index in [0.29, 0.717) is 24.3 Å². The molecule has 4 aliphatic rings. The predicted octanol–water partition coefficient (Wildman–Crippen LogP) is 2.79. The van der Waals surface area contributed by atoms with Crippen LogP contribution in [0.1, 0.15) is 56.8 Å². The maximum Gasteiger partial charge on any atom is 0.258 e. The van der Waals surface area contributed by atoms with Crippen LogP contribution in [0.25, 0.3) is 0 Å². The molecule has 6 nitrogen and oxygen atoms in total. The summed E-state index contributed by atoms with van der Waals surface area (Å²) in [6.07, 6.45) is 3.41. The topological polar surface area (TPSA) is 70.7 Å². The number of hydrogen-bond acceptors (Lipinski definition) is 4. The van der Waals surface area contributed by atoms with Crippen LogP contribution >= 0.6 is 0 Å². The number of benzene rings is 1. The Morgan fingerprint density at radius 2 is 2.07 bits per heavy atom. The number of rotatable bonds is 6. The first kappa shape index (κ1) is 20.2. The van der Waals surface area contributed by atoms with Gasteiger partial charge in [0, 0.05) is 31.3 Å². The molecule has 5 rings (SSSR count). The van der Waals surface area contributed by atoms with Gasteiger partial charge in [-0.15, -0.1) is 0 Å². The largest absolute Gasteiger partial charge is 0.467 e. The van der Waals surface area contributed by atoms with Crippen molar-refractivity contribution in [3.8, 4) is 5.75 Å². The summed E-state index contributed by atoms with van der Waals surface area (Å²) < 4.78 is 6.43. The summed E-state index contributed by atoms with van der Waals surface area (Å²) in [5.74, 6) is 0.874. The third-order valence-corrected chi connectivity index (χ3v) is 7.44. The van der Waals surface area contributed by atoms with E-state index in [-0.39, 0.29) is 29.1 Å². The summed E-state index contributed by atoms with van der Waals surface area (Å²) in [7, 11) is 0. The van der Waals surface area contributed by atoms with Crippen LogP contribution in [-0.4, -0.2) is 48.6 Å². The van der Waals surface area contributed by atoms with Crippen LogP contribution in [-0.2, 0) is 4.79 Å². The maximum atomic E-state index is 13.0. The van der Waals surface area contributed by atoms with E-state index in [2.05, 4.69) is 36.3 Å². The van der Waals surface area contributed by atoms with Crippen molar-refractivity contribution in [2.75, 3.05) is 26.2 Å². The molecule has 0 unspecified atom stereocenters. The van der Waals surface area contributed by atoms with Crippen LogP contribution in [0.2, 0.25) is 0 Å². The summed E-state index contributed by atoms with van der Waals surface area (Å²) in [6.45, 7) is 10.0. The van der Waals surface area contributed by atoms with E-state index in [0.717, 1.165) is 38.9 Å². The molecule has 0 aromatic heterocycles. The molecule has 0 saturated heterocycles. The SMILES string of the molecule is CCN(CC)CCNC(=O)[C@@H]1C[C@@H]2CC[C@]1(C)C[C@@]21NC(=O)c2ccccc2O1. The lowest BCUT2D eigenvalue weighted by Gasteiger charge is -2.59. The van der Waals surface area contributed by atoms with Gasteiger partial charge < -0.3 is 20.3 Å². The highest BCUT2D eigenvalue weighted by Crippen LogP contribution is 2.58. The van der Waals surface area contributed by atoms with Crippen LogP contribution in [0.4, 0.5) is 0 Å². The van der Waals surface area contributed by atoms with Crippen molar-refractivity contribution in [2.45, 2.75) is 52.2 Å². The molecular weight excluding hydrogens is 366 g/mol. The summed E-state index contributed by atoms with van der Waals surface area (Å²) >= 11 is 0. The molecule has 2 bridgehead atoms. The van der Waals surface area contributed by atoms with Crippen molar-refractivity contribution < 1.29 is 14.3 Å². The second-order valence-electron chi connectivity index (χ2n) is 9.11. The third-order valence-electron chi connectivity index (χ3n) is 7.44. The molecule has 4 atom stereocenters. The number of hydrogen-bond donors (Lipinski definition) is 2. The number of nitrogens with one attached hydrogen (secondary N) is 2. The predicted molar refractivity (Wildman–Crippen MR) is 112 cm³/mol. The number of carbonyl (C=O) groups excluding carboxylic acids is 2. The van der Waals surface area contributed by atoms with Crippen molar-refractivity contribution in [3.63, 3.8) is 0 Å². The molecule has 1 aliphatic heterocycles. The van der Waals surface area contributed by atoms with E-state index < -0.39 is 5.72 Å². The molecule has 29 heavy (non-hydrogen) atoms. The first-order valence-corrected chi connectivity index (χ1v) is 11.0. The minimum absolute atomic E-state index is 0.0266. The van der Waals surface area contributed by atoms with Crippen LogP contribution in [0.15, 0.2) is 24.3 Å². The Labute approximate surface area is 173 Å². The van der Waals surface area contributed by atoms with Gasteiger partial charge in [0.05, 0.1) is 5.56 Å². The van der Waals surface area contributed by atoms with Crippen molar-refractivity contribution in [2.24, 2.45) is 17.3 Å². The minimum atomic E-state index is -0.684. The van der Waals surface area contributed by atoms with Crippen LogP contribution in [0, 0.1) is 17.3 Å². The van der Waals surface area contributed by atoms with Crippen molar-refractivity contribution in [1.29, 1.82) is 0 Å². The Hall–Kier alpha value is -2.08. The van der Waals surface area contributed by atoms with Gasteiger partial charge in [0.1, 0.15) is 5.75 Å².